The molecule has 0 fully saturated rings. The van der Waals surface area contributed by atoms with Gasteiger partial charge in [-0.05, 0) is 29.6 Å². The number of nitrogens with zero attached hydrogens (tertiary/aromatic N) is 3. The lowest BCUT2D eigenvalue weighted by molar-refractivity contribution is 0.0697. The summed E-state index contributed by atoms with van der Waals surface area (Å²) in [5.41, 5.74) is 2.53. The van der Waals surface area contributed by atoms with Crippen LogP contribution in [0.25, 0.3) is 16.7 Å². The summed E-state index contributed by atoms with van der Waals surface area (Å²) in [4.78, 5) is 10.8. The van der Waals surface area contributed by atoms with Crippen LogP contribution in [0.15, 0.2) is 35.0 Å². The topological polar surface area (TPSA) is 68.0 Å². The highest BCUT2D eigenvalue weighted by molar-refractivity contribution is 7.08. The van der Waals surface area contributed by atoms with Crippen molar-refractivity contribution in [3.8, 4) is 5.69 Å². The van der Waals surface area contributed by atoms with E-state index in [0.717, 1.165) is 11.2 Å². The van der Waals surface area contributed by atoms with Gasteiger partial charge < -0.3 is 5.11 Å². The lowest BCUT2D eigenvalue weighted by Gasteiger charge is -1.98. The van der Waals surface area contributed by atoms with Crippen LogP contribution in [0.1, 0.15) is 10.4 Å². The van der Waals surface area contributed by atoms with E-state index in [0.29, 0.717) is 5.52 Å². The minimum absolute atomic E-state index is 0.217. The molecule has 0 radical (unpaired) electrons. The molecule has 0 saturated carbocycles. The second-order valence-corrected chi connectivity index (χ2v) is 4.27. The summed E-state index contributed by atoms with van der Waals surface area (Å²) in [5, 5.41) is 20.8. The molecule has 0 aliphatic carbocycles. The van der Waals surface area contributed by atoms with Crippen LogP contribution < -0.4 is 0 Å². The van der Waals surface area contributed by atoms with E-state index in [2.05, 4.69) is 10.3 Å². The molecular formula is C11H7N3O2S. The lowest BCUT2D eigenvalue weighted by Crippen LogP contribution is -1.96. The van der Waals surface area contributed by atoms with E-state index in [1.54, 1.807) is 28.2 Å². The number of carboxylic acids is 1. The summed E-state index contributed by atoms with van der Waals surface area (Å²) in [5.74, 6) is -0.961. The van der Waals surface area contributed by atoms with Crippen LogP contribution in [0.4, 0.5) is 0 Å². The number of hydrogen-bond donors (Lipinski definition) is 1. The van der Waals surface area contributed by atoms with Crippen LogP contribution in [-0.4, -0.2) is 26.1 Å². The Balaban J connectivity index is 2.21. The van der Waals surface area contributed by atoms with Crippen LogP contribution in [0.3, 0.4) is 0 Å². The molecule has 2 aromatic heterocycles. The highest BCUT2D eigenvalue weighted by Crippen LogP contribution is 2.19. The minimum atomic E-state index is -0.961. The van der Waals surface area contributed by atoms with Crippen LogP contribution in [0.5, 0.6) is 0 Å². The van der Waals surface area contributed by atoms with Crippen molar-refractivity contribution in [3.05, 3.63) is 40.6 Å². The normalized spacial score (nSPS) is 10.8. The maximum absolute atomic E-state index is 10.8. The maximum atomic E-state index is 10.8. The third-order valence-electron chi connectivity index (χ3n) is 2.44. The Bertz CT molecular complexity index is 688. The number of rotatable bonds is 2. The largest absolute Gasteiger partial charge is 0.478 e. The number of fused-ring (bicyclic) bond motifs is 1. The van der Waals surface area contributed by atoms with Crippen molar-refractivity contribution < 1.29 is 9.90 Å². The number of hydrogen-bond acceptors (Lipinski definition) is 4. The van der Waals surface area contributed by atoms with E-state index in [1.807, 2.05) is 16.8 Å². The zero-order valence-corrected chi connectivity index (χ0v) is 9.39. The Kier molecular flexibility index (Phi) is 2.15. The van der Waals surface area contributed by atoms with Crippen LogP contribution in [-0.2, 0) is 0 Å². The van der Waals surface area contributed by atoms with Crippen molar-refractivity contribution in [2.24, 2.45) is 0 Å². The zero-order chi connectivity index (χ0) is 11.8. The summed E-state index contributed by atoms with van der Waals surface area (Å²) >= 11 is 1.57. The van der Waals surface area contributed by atoms with Gasteiger partial charge in [0.25, 0.3) is 0 Å². The van der Waals surface area contributed by atoms with E-state index >= 15 is 0 Å². The molecule has 0 aliphatic heterocycles. The molecule has 0 saturated heterocycles. The van der Waals surface area contributed by atoms with E-state index in [1.165, 1.54) is 6.07 Å². The molecule has 0 amide bonds. The first-order valence-electron chi connectivity index (χ1n) is 4.87. The average molecular weight is 245 g/mol. The third-order valence-corrected chi connectivity index (χ3v) is 3.11. The number of benzene rings is 1. The van der Waals surface area contributed by atoms with Crippen molar-refractivity contribution >= 4 is 28.3 Å². The Morgan fingerprint density at radius 3 is 2.94 bits per heavy atom. The SMILES string of the molecule is O=C(O)c1ccc2c(c1)nnn2-c1ccsc1. The molecule has 0 atom stereocenters. The van der Waals surface area contributed by atoms with Gasteiger partial charge in [-0.15, -0.1) is 5.10 Å². The molecule has 0 unspecified atom stereocenters. The van der Waals surface area contributed by atoms with Gasteiger partial charge in [-0.3, -0.25) is 0 Å². The summed E-state index contributed by atoms with van der Waals surface area (Å²) in [6.45, 7) is 0. The third kappa shape index (κ3) is 1.58. The fraction of sp³-hybridized carbons (Fsp3) is 0. The van der Waals surface area contributed by atoms with Gasteiger partial charge in [-0.25, -0.2) is 9.48 Å². The predicted octanol–water partition coefficient (Wildman–Crippen LogP) is 2.18. The fourth-order valence-corrected chi connectivity index (χ4v) is 2.24. The zero-order valence-electron chi connectivity index (χ0n) is 8.57. The predicted molar refractivity (Wildman–Crippen MR) is 63.7 cm³/mol. The van der Waals surface area contributed by atoms with Crippen molar-refractivity contribution in [1.82, 2.24) is 15.0 Å². The van der Waals surface area contributed by atoms with Crippen LogP contribution in [0.2, 0.25) is 0 Å². The molecule has 5 nitrogen and oxygen atoms in total. The average Bonchev–Trinajstić information content (AvgIpc) is 2.96. The standard InChI is InChI=1S/C11H7N3O2S/c15-11(16)7-1-2-10-9(5-7)12-13-14(10)8-3-4-17-6-8/h1-6H,(H,15,16). The highest BCUT2D eigenvalue weighted by atomic mass is 32.1. The molecule has 0 aliphatic rings. The molecule has 3 rings (SSSR count). The lowest BCUT2D eigenvalue weighted by atomic mass is 10.2. The molecule has 1 N–H and O–H groups in total. The second kappa shape index (κ2) is 3.67. The Morgan fingerprint density at radius 1 is 1.35 bits per heavy atom. The van der Waals surface area contributed by atoms with Crippen molar-refractivity contribution in [2.75, 3.05) is 0 Å². The second-order valence-electron chi connectivity index (χ2n) is 3.49. The smallest absolute Gasteiger partial charge is 0.335 e. The Morgan fingerprint density at radius 2 is 2.24 bits per heavy atom. The van der Waals surface area contributed by atoms with Gasteiger partial charge in [0.2, 0.25) is 0 Å². The van der Waals surface area contributed by atoms with Gasteiger partial charge in [0.1, 0.15) is 5.52 Å². The first kappa shape index (κ1) is 9.98. The Hall–Kier alpha value is -2.21. The number of aromatic carboxylic acids is 1. The highest BCUT2D eigenvalue weighted by Gasteiger charge is 2.10. The first-order valence-corrected chi connectivity index (χ1v) is 5.81. The minimum Gasteiger partial charge on any atom is -0.478 e. The molecule has 0 bridgehead atoms. The fourth-order valence-electron chi connectivity index (χ4n) is 1.63. The molecule has 6 heteroatoms. The van der Waals surface area contributed by atoms with Crippen molar-refractivity contribution in [1.29, 1.82) is 0 Å². The van der Waals surface area contributed by atoms with Gasteiger partial charge in [0, 0.05) is 5.38 Å². The van der Waals surface area contributed by atoms with Crippen LogP contribution >= 0.6 is 11.3 Å². The molecular weight excluding hydrogens is 238 g/mol. The van der Waals surface area contributed by atoms with E-state index < -0.39 is 5.97 Å². The molecule has 1 aromatic carbocycles. The first-order chi connectivity index (χ1) is 8.25. The maximum Gasteiger partial charge on any atom is 0.335 e. The molecule has 84 valence electrons. The van der Waals surface area contributed by atoms with Crippen molar-refractivity contribution in [2.45, 2.75) is 0 Å². The summed E-state index contributed by atoms with van der Waals surface area (Å²) < 4.78 is 1.69. The van der Waals surface area contributed by atoms with Gasteiger partial charge in [-0.2, -0.15) is 11.3 Å². The van der Waals surface area contributed by atoms with Crippen LogP contribution in [0, 0.1) is 0 Å². The van der Waals surface area contributed by atoms with Gasteiger partial charge in [0.15, 0.2) is 0 Å². The van der Waals surface area contributed by atoms with Gasteiger partial charge >= 0.3 is 5.97 Å². The molecule has 2 heterocycles. The number of carbonyl (C=O) groups is 1. The van der Waals surface area contributed by atoms with Gasteiger partial charge in [-0.1, -0.05) is 5.21 Å². The summed E-state index contributed by atoms with van der Waals surface area (Å²) in [6, 6.07) is 6.73. The van der Waals surface area contributed by atoms with Gasteiger partial charge in [0.05, 0.1) is 16.8 Å². The Labute approximate surface area is 99.9 Å². The van der Waals surface area contributed by atoms with E-state index in [-0.39, 0.29) is 5.56 Å². The monoisotopic (exact) mass is 245 g/mol. The van der Waals surface area contributed by atoms with E-state index in [4.69, 9.17) is 5.11 Å². The quantitative estimate of drug-likeness (QED) is 0.751. The van der Waals surface area contributed by atoms with Crippen molar-refractivity contribution in [3.63, 3.8) is 0 Å². The molecule has 0 spiro atoms. The summed E-state index contributed by atoms with van der Waals surface area (Å²) in [7, 11) is 0. The number of carboxylic acid groups (broad SMARTS) is 1. The number of thiophene rings is 1. The summed E-state index contributed by atoms with van der Waals surface area (Å²) in [6.07, 6.45) is 0. The molecule has 3 aromatic rings. The number of aromatic nitrogens is 3. The molecule has 17 heavy (non-hydrogen) atoms. The van der Waals surface area contributed by atoms with E-state index in [9.17, 15) is 4.79 Å².